The van der Waals surface area contributed by atoms with E-state index < -0.39 is 11.8 Å². The molecule has 0 aliphatic heterocycles. The Morgan fingerprint density at radius 1 is 0.944 bits per heavy atom. The van der Waals surface area contributed by atoms with Crippen molar-refractivity contribution >= 4 is 11.8 Å². The number of hydrogen-bond donors (Lipinski definition) is 0. The Hall–Kier alpha value is -2.48. The van der Waals surface area contributed by atoms with Crippen LogP contribution in [0.25, 0.3) is 0 Å². The first-order valence-corrected chi connectivity index (χ1v) is 4.98. The SMILES string of the molecule is COC(=O)C#CC(=O)c1cc(OC)cc(OC)c1. The van der Waals surface area contributed by atoms with Crippen molar-refractivity contribution in [2.45, 2.75) is 0 Å². The molecule has 0 heterocycles. The van der Waals surface area contributed by atoms with E-state index >= 15 is 0 Å². The summed E-state index contributed by atoms with van der Waals surface area (Å²) in [6.07, 6.45) is 0. The normalized spacial score (nSPS) is 8.83. The van der Waals surface area contributed by atoms with Crippen molar-refractivity contribution in [2.24, 2.45) is 0 Å². The van der Waals surface area contributed by atoms with Gasteiger partial charge in [0.15, 0.2) is 0 Å². The average molecular weight is 248 g/mol. The number of ether oxygens (including phenoxy) is 3. The standard InChI is InChI=1S/C13H12O5/c1-16-10-6-9(7-11(8-10)17-2)12(14)4-5-13(15)18-3/h6-8H,1-3H3. The molecule has 1 aromatic rings. The van der Waals surface area contributed by atoms with Crippen molar-refractivity contribution in [1.82, 2.24) is 0 Å². The molecule has 18 heavy (non-hydrogen) atoms. The van der Waals surface area contributed by atoms with Gasteiger partial charge < -0.3 is 14.2 Å². The number of rotatable bonds is 3. The molecule has 0 amide bonds. The van der Waals surface area contributed by atoms with Crippen molar-refractivity contribution in [1.29, 1.82) is 0 Å². The van der Waals surface area contributed by atoms with Crippen LogP contribution in [0.1, 0.15) is 10.4 Å². The van der Waals surface area contributed by atoms with Gasteiger partial charge in [-0.2, -0.15) is 0 Å². The highest BCUT2D eigenvalue weighted by molar-refractivity contribution is 6.12. The molecule has 0 atom stereocenters. The lowest BCUT2D eigenvalue weighted by Gasteiger charge is -2.05. The molecular formula is C13H12O5. The molecule has 1 aromatic carbocycles. The second kappa shape index (κ2) is 6.30. The number of carbonyl (C=O) groups excluding carboxylic acids is 2. The molecule has 0 unspecified atom stereocenters. The third-order valence-corrected chi connectivity index (χ3v) is 2.08. The van der Waals surface area contributed by atoms with Crippen LogP contribution in [0.5, 0.6) is 11.5 Å². The van der Waals surface area contributed by atoms with Gasteiger partial charge in [0.2, 0.25) is 5.78 Å². The summed E-state index contributed by atoms with van der Waals surface area (Å²) in [7, 11) is 4.14. The summed E-state index contributed by atoms with van der Waals surface area (Å²) in [4.78, 5) is 22.5. The summed E-state index contributed by atoms with van der Waals surface area (Å²) in [5.41, 5.74) is 0.280. The molecule has 94 valence electrons. The van der Waals surface area contributed by atoms with Crippen molar-refractivity contribution in [2.75, 3.05) is 21.3 Å². The summed E-state index contributed by atoms with van der Waals surface area (Å²) < 4.78 is 14.4. The molecule has 5 nitrogen and oxygen atoms in total. The average Bonchev–Trinajstić information content (AvgIpc) is 2.43. The highest BCUT2D eigenvalue weighted by atomic mass is 16.5. The van der Waals surface area contributed by atoms with Gasteiger partial charge >= 0.3 is 5.97 Å². The second-order valence-corrected chi connectivity index (χ2v) is 3.17. The van der Waals surface area contributed by atoms with Gasteiger partial charge in [-0.3, -0.25) is 4.79 Å². The number of hydrogen-bond acceptors (Lipinski definition) is 5. The quantitative estimate of drug-likeness (QED) is 0.263. The molecule has 0 spiro atoms. The smallest absolute Gasteiger partial charge is 0.384 e. The van der Waals surface area contributed by atoms with Gasteiger partial charge in [0, 0.05) is 17.6 Å². The van der Waals surface area contributed by atoms with Crippen LogP contribution in [-0.4, -0.2) is 33.1 Å². The highest BCUT2D eigenvalue weighted by Gasteiger charge is 2.08. The summed E-state index contributed by atoms with van der Waals surface area (Å²) in [6, 6.07) is 4.65. The number of ketones is 1. The first kappa shape index (κ1) is 13.6. The number of benzene rings is 1. The summed E-state index contributed by atoms with van der Waals surface area (Å²) in [6.45, 7) is 0. The Labute approximate surface area is 105 Å². The van der Waals surface area contributed by atoms with Gasteiger partial charge in [-0.25, -0.2) is 4.79 Å². The van der Waals surface area contributed by atoms with Crippen LogP contribution in [0.4, 0.5) is 0 Å². The minimum absolute atomic E-state index is 0.280. The number of methoxy groups -OCH3 is 3. The third-order valence-electron chi connectivity index (χ3n) is 2.08. The Morgan fingerprint density at radius 3 is 1.94 bits per heavy atom. The Balaban J connectivity index is 3.04. The van der Waals surface area contributed by atoms with E-state index in [4.69, 9.17) is 9.47 Å². The van der Waals surface area contributed by atoms with Gasteiger partial charge in [0.25, 0.3) is 0 Å². The fraction of sp³-hybridized carbons (Fsp3) is 0.231. The molecule has 0 N–H and O–H groups in total. The van der Waals surface area contributed by atoms with E-state index in [0.29, 0.717) is 11.5 Å². The largest absolute Gasteiger partial charge is 0.497 e. The number of carbonyl (C=O) groups is 2. The predicted octanol–water partition coefficient (Wildman–Crippen LogP) is 1.06. The lowest BCUT2D eigenvalue weighted by molar-refractivity contribution is -0.133. The minimum atomic E-state index is -0.766. The molecule has 0 aliphatic carbocycles. The van der Waals surface area contributed by atoms with E-state index in [1.165, 1.54) is 33.5 Å². The van der Waals surface area contributed by atoms with Crippen LogP contribution in [0.2, 0.25) is 0 Å². The van der Waals surface area contributed by atoms with Crippen molar-refractivity contribution in [3.8, 4) is 23.3 Å². The molecule has 1 rings (SSSR count). The minimum Gasteiger partial charge on any atom is -0.497 e. The molecule has 0 fully saturated rings. The Kier molecular flexibility index (Phi) is 4.76. The molecule has 0 radical (unpaired) electrons. The fourth-order valence-corrected chi connectivity index (χ4v) is 1.17. The number of esters is 1. The van der Waals surface area contributed by atoms with Gasteiger partial charge in [0.1, 0.15) is 11.5 Å². The molecule has 0 bridgehead atoms. The van der Waals surface area contributed by atoms with E-state index in [2.05, 4.69) is 16.6 Å². The fourth-order valence-electron chi connectivity index (χ4n) is 1.17. The van der Waals surface area contributed by atoms with Gasteiger partial charge in [-0.1, -0.05) is 0 Å². The Morgan fingerprint density at radius 2 is 1.50 bits per heavy atom. The van der Waals surface area contributed by atoms with E-state index in [1.807, 2.05) is 0 Å². The van der Waals surface area contributed by atoms with Crippen LogP contribution in [0.3, 0.4) is 0 Å². The lowest BCUT2D eigenvalue weighted by atomic mass is 10.1. The van der Waals surface area contributed by atoms with E-state index in [9.17, 15) is 9.59 Å². The Bertz CT molecular complexity index is 500. The maximum absolute atomic E-state index is 11.7. The van der Waals surface area contributed by atoms with Crippen molar-refractivity contribution in [3.05, 3.63) is 23.8 Å². The van der Waals surface area contributed by atoms with Crippen LogP contribution in [-0.2, 0) is 9.53 Å². The van der Waals surface area contributed by atoms with E-state index in [-0.39, 0.29) is 5.56 Å². The van der Waals surface area contributed by atoms with Crippen LogP contribution >= 0.6 is 0 Å². The van der Waals surface area contributed by atoms with Gasteiger partial charge in [0.05, 0.1) is 21.3 Å². The predicted molar refractivity (Wildman–Crippen MR) is 63.7 cm³/mol. The van der Waals surface area contributed by atoms with Crippen LogP contribution in [0.15, 0.2) is 18.2 Å². The van der Waals surface area contributed by atoms with Crippen LogP contribution in [0, 0.1) is 11.8 Å². The lowest BCUT2D eigenvalue weighted by Crippen LogP contribution is -2.00. The molecule has 0 aliphatic rings. The monoisotopic (exact) mass is 248 g/mol. The van der Waals surface area contributed by atoms with Crippen LogP contribution < -0.4 is 9.47 Å². The zero-order chi connectivity index (χ0) is 13.5. The van der Waals surface area contributed by atoms with E-state index in [0.717, 1.165) is 0 Å². The second-order valence-electron chi connectivity index (χ2n) is 3.17. The molecule has 5 heteroatoms. The zero-order valence-electron chi connectivity index (χ0n) is 10.3. The first-order valence-electron chi connectivity index (χ1n) is 4.98. The van der Waals surface area contributed by atoms with E-state index in [1.54, 1.807) is 6.07 Å². The van der Waals surface area contributed by atoms with Crippen molar-refractivity contribution < 1.29 is 23.8 Å². The maximum atomic E-state index is 11.7. The summed E-state index contributed by atoms with van der Waals surface area (Å²) in [5, 5.41) is 0. The summed E-state index contributed by atoms with van der Waals surface area (Å²) >= 11 is 0. The number of Topliss-reactive ketones (excluding diaryl/α,β-unsaturated/α-hetero) is 1. The summed E-state index contributed by atoms with van der Waals surface area (Å²) in [5.74, 6) is 3.90. The first-order chi connectivity index (χ1) is 8.60. The zero-order valence-corrected chi connectivity index (χ0v) is 10.3. The topological polar surface area (TPSA) is 61.8 Å². The maximum Gasteiger partial charge on any atom is 0.384 e. The molecular weight excluding hydrogens is 236 g/mol. The molecule has 0 saturated carbocycles. The van der Waals surface area contributed by atoms with Gasteiger partial charge in [-0.15, -0.1) is 0 Å². The van der Waals surface area contributed by atoms with Crippen molar-refractivity contribution in [3.63, 3.8) is 0 Å². The molecule has 0 aromatic heterocycles. The third kappa shape index (κ3) is 3.52. The van der Waals surface area contributed by atoms with Gasteiger partial charge in [-0.05, 0) is 18.1 Å². The highest BCUT2D eigenvalue weighted by Crippen LogP contribution is 2.22. The molecule has 0 saturated heterocycles.